The molecule has 0 amide bonds. The molecule has 0 aromatic heterocycles. The molecule has 0 bridgehead atoms. The summed E-state index contributed by atoms with van der Waals surface area (Å²) >= 11 is 1.92. The van der Waals surface area contributed by atoms with Crippen molar-refractivity contribution in [3.63, 3.8) is 0 Å². The predicted molar refractivity (Wildman–Crippen MR) is 79.8 cm³/mol. The molecule has 2 fully saturated rings. The third-order valence-electron chi connectivity index (χ3n) is 5.32. The fourth-order valence-electron chi connectivity index (χ4n) is 4.29. The van der Waals surface area contributed by atoms with E-state index < -0.39 is 0 Å². The van der Waals surface area contributed by atoms with Crippen molar-refractivity contribution in [1.29, 1.82) is 0 Å². The number of rotatable bonds is 4. The number of aldehydes is 1. The molecule has 2 atom stereocenters. The van der Waals surface area contributed by atoms with Crippen LogP contribution in [0.4, 0.5) is 0 Å². The van der Waals surface area contributed by atoms with Gasteiger partial charge in [-0.1, -0.05) is 31.5 Å². The molecule has 0 saturated heterocycles. The predicted octanol–water partition coefficient (Wildman–Crippen LogP) is 4.87. The number of carbonyl (C=O) groups excluding carboxylic acids is 1. The van der Waals surface area contributed by atoms with Crippen LogP contribution in [0.15, 0.2) is 35.2 Å². The molecule has 0 N–H and O–H groups in total. The summed E-state index contributed by atoms with van der Waals surface area (Å²) in [4.78, 5) is 13.1. The minimum Gasteiger partial charge on any atom is -0.303 e. The van der Waals surface area contributed by atoms with Crippen molar-refractivity contribution in [2.45, 2.75) is 50.3 Å². The summed E-state index contributed by atoms with van der Waals surface area (Å²) in [5.41, 5.74) is 0.133. The second-order valence-electron chi connectivity index (χ2n) is 5.90. The van der Waals surface area contributed by atoms with E-state index in [-0.39, 0.29) is 10.8 Å². The summed E-state index contributed by atoms with van der Waals surface area (Å²) in [6.07, 6.45) is 8.11. The molecule has 0 spiro atoms. The third kappa shape index (κ3) is 1.87. The topological polar surface area (TPSA) is 17.1 Å². The molecule has 3 rings (SSSR count). The summed E-state index contributed by atoms with van der Waals surface area (Å²) in [5.74, 6) is 0. The van der Waals surface area contributed by atoms with Crippen molar-refractivity contribution in [1.82, 2.24) is 0 Å². The van der Waals surface area contributed by atoms with Crippen LogP contribution in [0.25, 0.3) is 0 Å². The van der Waals surface area contributed by atoms with E-state index >= 15 is 0 Å². The molecule has 2 saturated carbocycles. The van der Waals surface area contributed by atoms with E-state index in [1.54, 1.807) is 5.25 Å². The standard InChI is InChI=1S/C17H21OS/c1-2-17-11-6-10-16(17,13-18)12-9-15(17)19-14-7-4-3-5-8-14/h3-5,7-8,13H,2,6,9-12H2,1H3/t16-,17+/m1/s1. The van der Waals surface area contributed by atoms with Crippen LogP contribution in [0.1, 0.15) is 45.4 Å². The second kappa shape index (κ2) is 4.97. The van der Waals surface area contributed by atoms with Crippen molar-refractivity contribution in [3.05, 3.63) is 35.6 Å². The lowest BCUT2D eigenvalue weighted by Gasteiger charge is -2.39. The van der Waals surface area contributed by atoms with E-state index in [4.69, 9.17) is 0 Å². The van der Waals surface area contributed by atoms with Gasteiger partial charge < -0.3 is 4.79 Å². The second-order valence-corrected chi connectivity index (χ2v) is 7.07. The number of fused-ring (bicyclic) bond motifs is 1. The monoisotopic (exact) mass is 273 g/mol. The van der Waals surface area contributed by atoms with Crippen LogP contribution in [-0.4, -0.2) is 6.29 Å². The molecule has 0 unspecified atom stereocenters. The van der Waals surface area contributed by atoms with E-state index in [1.807, 2.05) is 11.8 Å². The Morgan fingerprint density at radius 3 is 2.68 bits per heavy atom. The summed E-state index contributed by atoms with van der Waals surface area (Å²) in [5, 5.41) is 1.56. The first kappa shape index (κ1) is 13.2. The highest BCUT2D eigenvalue weighted by Gasteiger charge is 2.61. The van der Waals surface area contributed by atoms with E-state index in [1.165, 1.54) is 24.0 Å². The Kier molecular flexibility index (Phi) is 3.46. The van der Waals surface area contributed by atoms with Crippen LogP contribution < -0.4 is 0 Å². The Morgan fingerprint density at radius 2 is 2.00 bits per heavy atom. The minimum absolute atomic E-state index is 0.0428. The van der Waals surface area contributed by atoms with Gasteiger partial charge in [0.2, 0.25) is 0 Å². The van der Waals surface area contributed by atoms with Crippen LogP contribution in [0.3, 0.4) is 0 Å². The molecule has 2 heteroatoms. The van der Waals surface area contributed by atoms with Gasteiger partial charge >= 0.3 is 0 Å². The van der Waals surface area contributed by atoms with Crippen LogP contribution in [0, 0.1) is 16.1 Å². The molecule has 0 aliphatic heterocycles. The van der Waals surface area contributed by atoms with E-state index in [0.717, 1.165) is 25.7 Å². The zero-order valence-corrected chi connectivity index (χ0v) is 12.3. The molecule has 1 aromatic carbocycles. The van der Waals surface area contributed by atoms with Crippen LogP contribution in [0.2, 0.25) is 0 Å². The smallest absolute Gasteiger partial charge is 0.126 e. The highest BCUT2D eigenvalue weighted by atomic mass is 32.2. The molecule has 1 nitrogen and oxygen atoms in total. The fraction of sp³-hybridized carbons (Fsp3) is 0.529. The number of benzene rings is 1. The van der Waals surface area contributed by atoms with Crippen molar-refractivity contribution in [2.24, 2.45) is 10.8 Å². The Labute approximate surface area is 120 Å². The summed E-state index contributed by atoms with van der Waals surface area (Å²) in [6.45, 7) is 2.26. The first-order valence-corrected chi connectivity index (χ1v) is 8.13. The third-order valence-corrected chi connectivity index (χ3v) is 6.67. The summed E-state index contributed by atoms with van der Waals surface area (Å²) in [6, 6.07) is 10.6. The fourth-order valence-corrected chi connectivity index (χ4v) is 5.71. The Morgan fingerprint density at radius 1 is 1.21 bits per heavy atom. The van der Waals surface area contributed by atoms with Gasteiger partial charge in [0.05, 0.1) is 0 Å². The maximum Gasteiger partial charge on any atom is 0.126 e. The molecule has 1 radical (unpaired) electrons. The first-order valence-electron chi connectivity index (χ1n) is 7.32. The van der Waals surface area contributed by atoms with Crippen molar-refractivity contribution in [3.8, 4) is 0 Å². The molecule has 101 valence electrons. The molecular weight excluding hydrogens is 252 g/mol. The number of hydrogen-bond donors (Lipinski definition) is 0. The van der Waals surface area contributed by atoms with Crippen molar-refractivity contribution >= 4 is 18.0 Å². The zero-order valence-electron chi connectivity index (χ0n) is 11.5. The van der Waals surface area contributed by atoms with Crippen LogP contribution in [0.5, 0.6) is 0 Å². The average Bonchev–Trinajstić information content (AvgIpc) is 2.96. The van der Waals surface area contributed by atoms with Crippen molar-refractivity contribution in [2.75, 3.05) is 0 Å². The minimum atomic E-state index is -0.0428. The van der Waals surface area contributed by atoms with E-state index in [9.17, 15) is 4.79 Å². The van der Waals surface area contributed by atoms with Gasteiger partial charge in [0.15, 0.2) is 0 Å². The van der Waals surface area contributed by atoms with Crippen LogP contribution >= 0.6 is 11.8 Å². The maximum absolute atomic E-state index is 11.8. The van der Waals surface area contributed by atoms with Gasteiger partial charge in [-0.05, 0) is 49.7 Å². The summed E-state index contributed by atoms with van der Waals surface area (Å²) < 4.78 is 0. The van der Waals surface area contributed by atoms with Crippen molar-refractivity contribution < 1.29 is 4.79 Å². The Balaban J connectivity index is 1.89. The van der Waals surface area contributed by atoms with Gasteiger partial charge in [0, 0.05) is 15.6 Å². The highest BCUT2D eigenvalue weighted by molar-refractivity contribution is 8.02. The molecular formula is C17H21OS. The number of hydrogen-bond acceptors (Lipinski definition) is 2. The normalized spacial score (nSPS) is 34.4. The summed E-state index contributed by atoms with van der Waals surface area (Å²) in [7, 11) is 0. The quantitative estimate of drug-likeness (QED) is 0.728. The van der Waals surface area contributed by atoms with Gasteiger partial charge in [-0.3, -0.25) is 0 Å². The first-order chi connectivity index (χ1) is 9.26. The SMILES string of the molecule is CC[C@@]12CCC[C@]1(C=O)CC[C]2Sc1ccccc1. The molecule has 2 aliphatic carbocycles. The van der Waals surface area contributed by atoms with Gasteiger partial charge in [-0.15, -0.1) is 11.8 Å². The highest BCUT2D eigenvalue weighted by Crippen LogP contribution is 2.70. The van der Waals surface area contributed by atoms with Crippen LogP contribution in [-0.2, 0) is 4.79 Å². The van der Waals surface area contributed by atoms with E-state index in [0.29, 0.717) is 0 Å². The molecule has 0 heterocycles. The van der Waals surface area contributed by atoms with Gasteiger partial charge in [-0.25, -0.2) is 0 Å². The zero-order chi connectivity index (χ0) is 13.3. The average molecular weight is 273 g/mol. The lowest BCUT2D eigenvalue weighted by Crippen LogP contribution is -2.36. The van der Waals surface area contributed by atoms with Gasteiger partial charge in [0.1, 0.15) is 6.29 Å². The van der Waals surface area contributed by atoms with Gasteiger partial charge in [-0.2, -0.15) is 0 Å². The molecule has 2 aliphatic rings. The van der Waals surface area contributed by atoms with E-state index in [2.05, 4.69) is 37.3 Å². The lowest BCUT2D eigenvalue weighted by atomic mass is 9.67. The molecule has 19 heavy (non-hydrogen) atoms. The Bertz CT molecular complexity index is 458. The molecule has 1 aromatic rings. The Hall–Kier alpha value is -0.760. The number of carbonyl (C=O) groups is 1. The number of thioether (sulfide) groups is 1. The lowest BCUT2D eigenvalue weighted by molar-refractivity contribution is -0.119. The maximum atomic E-state index is 11.8. The van der Waals surface area contributed by atoms with Gasteiger partial charge in [0.25, 0.3) is 0 Å². The largest absolute Gasteiger partial charge is 0.303 e.